The van der Waals surface area contributed by atoms with Crippen LogP contribution in [0, 0.1) is 11.8 Å². The number of nitrogens with zero attached hydrogens (tertiary/aromatic N) is 2. The van der Waals surface area contributed by atoms with Crippen LogP contribution < -0.4 is 0 Å². The summed E-state index contributed by atoms with van der Waals surface area (Å²) in [7, 11) is -3.42. The van der Waals surface area contributed by atoms with Crippen molar-refractivity contribution in [2.24, 2.45) is 11.8 Å². The maximum Gasteiger partial charge on any atom is 0.225 e. The van der Waals surface area contributed by atoms with Crippen LogP contribution >= 0.6 is 11.6 Å². The van der Waals surface area contributed by atoms with Crippen molar-refractivity contribution in [2.45, 2.75) is 38.4 Å². The van der Waals surface area contributed by atoms with E-state index in [1.54, 1.807) is 24.3 Å². The van der Waals surface area contributed by atoms with Crippen molar-refractivity contribution >= 4 is 27.5 Å². The van der Waals surface area contributed by atoms with E-state index in [1.165, 1.54) is 10.7 Å². The minimum absolute atomic E-state index is 0.0490. The highest BCUT2D eigenvalue weighted by Crippen LogP contribution is 2.26. The average molecular weight is 399 g/mol. The Labute approximate surface area is 161 Å². The lowest BCUT2D eigenvalue weighted by molar-refractivity contribution is -0.138. The molecule has 1 amide bonds. The number of amides is 1. The van der Waals surface area contributed by atoms with E-state index in [4.69, 9.17) is 11.6 Å². The Balaban J connectivity index is 1.57. The van der Waals surface area contributed by atoms with E-state index in [2.05, 4.69) is 6.92 Å². The van der Waals surface area contributed by atoms with Gasteiger partial charge in [0.15, 0.2) is 0 Å². The van der Waals surface area contributed by atoms with Gasteiger partial charge < -0.3 is 4.90 Å². The van der Waals surface area contributed by atoms with Gasteiger partial charge in [-0.25, -0.2) is 12.7 Å². The van der Waals surface area contributed by atoms with E-state index in [-0.39, 0.29) is 17.6 Å². The lowest BCUT2D eigenvalue weighted by atomic mass is 9.93. The molecule has 0 aromatic heterocycles. The first-order chi connectivity index (χ1) is 12.4. The van der Waals surface area contributed by atoms with Crippen LogP contribution in [0.3, 0.4) is 0 Å². The number of halogens is 1. The van der Waals surface area contributed by atoms with E-state index in [0.29, 0.717) is 42.4 Å². The Hall–Kier alpha value is -1.11. The van der Waals surface area contributed by atoms with Gasteiger partial charge >= 0.3 is 0 Å². The minimum atomic E-state index is -3.42. The number of piperidine rings is 2. The molecule has 0 N–H and O–H groups in total. The third-order valence-corrected chi connectivity index (χ3v) is 7.66. The molecule has 5 nitrogen and oxygen atoms in total. The monoisotopic (exact) mass is 398 g/mol. The fourth-order valence-electron chi connectivity index (χ4n) is 3.93. The number of carbonyl (C=O) groups excluding carboxylic acids is 1. The molecule has 7 heteroatoms. The molecule has 2 aliphatic heterocycles. The molecule has 0 saturated carbocycles. The highest BCUT2D eigenvalue weighted by atomic mass is 35.5. The quantitative estimate of drug-likeness (QED) is 0.782. The van der Waals surface area contributed by atoms with Crippen LogP contribution in [0.2, 0.25) is 5.02 Å². The molecular weight excluding hydrogens is 372 g/mol. The van der Waals surface area contributed by atoms with Crippen LogP contribution in [0.1, 0.15) is 38.2 Å². The molecule has 1 atom stereocenters. The van der Waals surface area contributed by atoms with Crippen LogP contribution in [0.4, 0.5) is 0 Å². The molecule has 0 radical (unpaired) electrons. The molecule has 2 aliphatic rings. The summed E-state index contributed by atoms with van der Waals surface area (Å²) >= 11 is 6.10. The summed E-state index contributed by atoms with van der Waals surface area (Å²) in [5, 5.41) is 0.473. The first-order valence-electron chi connectivity index (χ1n) is 9.37. The summed E-state index contributed by atoms with van der Waals surface area (Å²) < 4.78 is 26.9. The largest absolute Gasteiger partial charge is 0.342 e. The van der Waals surface area contributed by atoms with Gasteiger partial charge in [0.05, 0.1) is 5.75 Å². The van der Waals surface area contributed by atoms with Crippen LogP contribution in [-0.2, 0) is 20.6 Å². The Kier molecular flexibility index (Phi) is 6.25. The zero-order valence-electron chi connectivity index (χ0n) is 15.2. The predicted molar refractivity (Wildman–Crippen MR) is 103 cm³/mol. The fourth-order valence-corrected chi connectivity index (χ4v) is 5.81. The second-order valence-corrected chi connectivity index (χ2v) is 9.93. The number of hydrogen-bond donors (Lipinski definition) is 0. The van der Waals surface area contributed by atoms with Crippen molar-refractivity contribution in [3.63, 3.8) is 0 Å². The summed E-state index contributed by atoms with van der Waals surface area (Å²) in [6.45, 7) is 4.68. The number of sulfonamides is 1. The van der Waals surface area contributed by atoms with E-state index in [0.717, 1.165) is 19.5 Å². The summed E-state index contributed by atoms with van der Waals surface area (Å²) in [5.74, 6) is 0.630. The molecule has 2 saturated heterocycles. The van der Waals surface area contributed by atoms with Gasteiger partial charge in [0.25, 0.3) is 0 Å². The van der Waals surface area contributed by atoms with Crippen molar-refractivity contribution in [1.82, 2.24) is 9.21 Å². The number of carbonyl (C=O) groups is 1. The maximum atomic E-state index is 12.7. The lowest BCUT2D eigenvalue weighted by Crippen LogP contribution is -2.47. The van der Waals surface area contributed by atoms with Crippen LogP contribution in [0.5, 0.6) is 0 Å². The number of rotatable bonds is 4. The minimum Gasteiger partial charge on any atom is -0.342 e. The fraction of sp³-hybridized carbons (Fsp3) is 0.632. The van der Waals surface area contributed by atoms with Gasteiger partial charge in [-0.05, 0) is 43.2 Å². The molecule has 0 unspecified atom stereocenters. The molecule has 2 fully saturated rings. The zero-order chi connectivity index (χ0) is 18.7. The second-order valence-electron chi connectivity index (χ2n) is 7.55. The highest BCUT2D eigenvalue weighted by Gasteiger charge is 2.34. The highest BCUT2D eigenvalue weighted by molar-refractivity contribution is 7.88. The summed E-state index contributed by atoms with van der Waals surface area (Å²) in [6.07, 6.45) is 3.46. The molecular formula is C19H27ClN2O3S. The predicted octanol–water partition coefficient (Wildman–Crippen LogP) is 3.14. The lowest BCUT2D eigenvalue weighted by Gasteiger charge is -2.36. The molecule has 2 heterocycles. The summed E-state index contributed by atoms with van der Waals surface area (Å²) in [5.41, 5.74) is 0.620. The molecule has 144 valence electrons. The van der Waals surface area contributed by atoms with Crippen molar-refractivity contribution in [2.75, 3.05) is 26.2 Å². The van der Waals surface area contributed by atoms with Gasteiger partial charge in [-0.1, -0.05) is 36.7 Å². The SMILES string of the molecule is C[C@@H]1CCCN(C(=O)C2CCN(S(=O)(=O)Cc3ccccc3Cl)CC2)C1. The van der Waals surface area contributed by atoms with Gasteiger partial charge in [-0.3, -0.25) is 4.79 Å². The Morgan fingerprint density at radius 2 is 1.85 bits per heavy atom. The number of likely N-dealkylation sites (tertiary alicyclic amines) is 1. The normalized spacial score (nSPS) is 23.2. The topological polar surface area (TPSA) is 57.7 Å². The van der Waals surface area contributed by atoms with Crippen LogP contribution in [0.25, 0.3) is 0 Å². The van der Waals surface area contributed by atoms with E-state index < -0.39 is 10.0 Å². The molecule has 1 aromatic rings. The third kappa shape index (κ3) is 4.59. The first kappa shape index (κ1) is 19.6. The first-order valence-corrected chi connectivity index (χ1v) is 11.4. The van der Waals surface area contributed by atoms with Gasteiger partial charge in [-0.2, -0.15) is 0 Å². The van der Waals surface area contributed by atoms with Gasteiger partial charge in [0.2, 0.25) is 15.9 Å². The zero-order valence-corrected chi connectivity index (χ0v) is 16.8. The van der Waals surface area contributed by atoms with Crippen molar-refractivity contribution in [3.05, 3.63) is 34.9 Å². The molecule has 1 aromatic carbocycles. The molecule has 3 rings (SSSR count). The molecule has 0 spiro atoms. The Morgan fingerprint density at radius 3 is 2.50 bits per heavy atom. The number of hydrogen-bond acceptors (Lipinski definition) is 3. The molecule has 26 heavy (non-hydrogen) atoms. The van der Waals surface area contributed by atoms with Gasteiger partial charge in [-0.15, -0.1) is 0 Å². The number of benzene rings is 1. The third-order valence-electron chi connectivity index (χ3n) is 5.46. The smallest absolute Gasteiger partial charge is 0.225 e. The standard InChI is InChI=1S/C19H27ClN2O3S/c1-15-5-4-10-21(13-15)19(23)16-8-11-22(12-9-16)26(24,25)14-17-6-2-3-7-18(17)20/h2-3,6-7,15-16H,4-5,8-14H2,1H3/t15-/m1/s1. The summed E-state index contributed by atoms with van der Waals surface area (Å²) in [4.78, 5) is 14.7. The average Bonchev–Trinajstić information content (AvgIpc) is 2.63. The molecule has 0 bridgehead atoms. The Bertz CT molecular complexity index is 745. The van der Waals surface area contributed by atoms with Crippen molar-refractivity contribution in [1.29, 1.82) is 0 Å². The van der Waals surface area contributed by atoms with Gasteiger partial charge in [0, 0.05) is 37.1 Å². The van der Waals surface area contributed by atoms with Crippen molar-refractivity contribution in [3.8, 4) is 0 Å². The summed E-state index contributed by atoms with van der Waals surface area (Å²) in [6, 6.07) is 7.03. The second kappa shape index (κ2) is 8.28. The van der Waals surface area contributed by atoms with Crippen LogP contribution in [-0.4, -0.2) is 49.7 Å². The van der Waals surface area contributed by atoms with Crippen LogP contribution in [0.15, 0.2) is 24.3 Å². The Morgan fingerprint density at radius 1 is 1.15 bits per heavy atom. The van der Waals surface area contributed by atoms with E-state index >= 15 is 0 Å². The van der Waals surface area contributed by atoms with Gasteiger partial charge in [0.1, 0.15) is 0 Å². The molecule has 0 aliphatic carbocycles. The van der Waals surface area contributed by atoms with Crippen molar-refractivity contribution < 1.29 is 13.2 Å². The van der Waals surface area contributed by atoms with E-state index in [1.807, 2.05) is 4.90 Å². The van der Waals surface area contributed by atoms with E-state index in [9.17, 15) is 13.2 Å². The maximum absolute atomic E-state index is 12.7.